The van der Waals surface area contributed by atoms with Gasteiger partial charge in [-0.2, -0.15) is 0 Å². The van der Waals surface area contributed by atoms with Crippen LogP contribution in [-0.4, -0.2) is 42.3 Å². The van der Waals surface area contributed by atoms with Crippen molar-refractivity contribution in [2.24, 2.45) is 0 Å². The van der Waals surface area contributed by atoms with E-state index in [4.69, 9.17) is 0 Å². The molecule has 0 aromatic carbocycles. The molecule has 1 atom stereocenters. The maximum Gasteiger partial charge on any atom is 0.271 e. The van der Waals surface area contributed by atoms with Crippen molar-refractivity contribution in [1.82, 2.24) is 10.3 Å². The van der Waals surface area contributed by atoms with Gasteiger partial charge in [-0.1, -0.05) is 0 Å². The number of carbonyl (C=O) groups excluding carboxylic acids is 2. The van der Waals surface area contributed by atoms with E-state index < -0.39 is 21.3 Å². The summed E-state index contributed by atoms with van der Waals surface area (Å²) in [6.07, 6.45) is 0.393. The molecule has 110 valence electrons. The lowest BCUT2D eigenvalue weighted by molar-refractivity contribution is -0.114. The SMILES string of the molecule is CC(=O)Nc1nc(C(=O)N[C@]2(C)CCS(=O)(=O)C2)cs1. The first-order valence-electron chi connectivity index (χ1n) is 5.95. The standard InChI is InChI=1S/C11H15N3O4S2/c1-7(15)12-10-13-8(5-19-10)9(16)14-11(2)3-4-20(17,18)6-11/h5H,3-4,6H2,1-2H3,(H,14,16)(H,12,13,15)/t11-/m1/s1. The lowest BCUT2D eigenvalue weighted by Gasteiger charge is -2.23. The first-order valence-corrected chi connectivity index (χ1v) is 8.65. The Labute approximate surface area is 120 Å². The predicted molar refractivity (Wildman–Crippen MR) is 75.6 cm³/mol. The second kappa shape index (κ2) is 5.13. The van der Waals surface area contributed by atoms with E-state index in [-0.39, 0.29) is 23.1 Å². The van der Waals surface area contributed by atoms with Gasteiger partial charge in [0.25, 0.3) is 5.91 Å². The summed E-state index contributed by atoms with van der Waals surface area (Å²) in [7, 11) is -3.08. The predicted octanol–water partition coefficient (Wildman–Crippen LogP) is 0.408. The number of hydrogen-bond donors (Lipinski definition) is 2. The normalized spacial score (nSPS) is 24.3. The Bertz CT molecular complexity index is 652. The summed E-state index contributed by atoms with van der Waals surface area (Å²) >= 11 is 1.14. The van der Waals surface area contributed by atoms with Crippen LogP contribution in [0, 0.1) is 0 Å². The minimum Gasteiger partial charge on any atom is -0.344 e. The Kier molecular flexibility index (Phi) is 3.83. The summed E-state index contributed by atoms with van der Waals surface area (Å²) in [4.78, 5) is 26.9. The van der Waals surface area contributed by atoms with Crippen molar-refractivity contribution < 1.29 is 18.0 Å². The van der Waals surface area contributed by atoms with Crippen molar-refractivity contribution in [3.8, 4) is 0 Å². The fourth-order valence-electron chi connectivity index (χ4n) is 2.03. The van der Waals surface area contributed by atoms with E-state index in [0.717, 1.165) is 11.3 Å². The van der Waals surface area contributed by atoms with E-state index in [1.807, 2.05) is 0 Å². The fraction of sp³-hybridized carbons (Fsp3) is 0.545. The summed E-state index contributed by atoms with van der Waals surface area (Å²) in [5.74, 6) is -0.676. The summed E-state index contributed by atoms with van der Waals surface area (Å²) in [6.45, 7) is 3.06. The highest BCUT2D eigenvalue weighted by Gasteiger charge is 2.39. The van der Waals surface area contributed by atoms with Crippen molar-refractivity contribution >= 4 is 38.1 Å². The van der Waals surface area contributed by atoms with Crippen molar-refractivity contribution in [2.75, 3.05) is 16.8 Å². The van der Waals surface area contributed by atoms with Crippen LogP contribution in [0.4, 0.5) is 5.13 Å². The Morgan fingerprint density at radius 2 is 2.15 bits per heavy atom. The van der Waals surface area contributed by atoms with E-state index in [1.54, 1.807) is 6.92 Å². The summed E-state index contributed by atoms with van der Waals surface area (Å²) in [6, 6.07) is 0. The second-order valence-corrected chi connectivity index (χ2v) is 8.12. The Balaban J connectivity index is 2.05. The third-order valence-electron chi connectivity index (χ3n) is 2.94. The smallest absolute Gasteiger partial charge is 0.271 e. The zero-order valence-corrected chi connectivity index (χ0v) is 12.7. The maximum atomic E-state index is 12.0. The molecule has 7 nitrogen and oxygen atoms in total. The zero-order valence-electron chi connectivity index (χ0n) is 11.1. The number of anilines is 1. The van der Waals surface area contributed by atoms with E-state index in [2.05, 4.69) is 15.6 Å². The largest absolute Gasteiger partial charge is 0.344 e. The van der Waals surface area contributed by atoms with Crippen LogP contribution in [0.1, 0.15) is 30.8 Å². The zero-order chi connectivity index (χ0) is 15.0. The topological polar surface area (TPSA) is 105 Å². The number of amides is 2. The molecule has 0 bridgehead atoms. The molecule has 2 amide bonds. The lowest BCUT2D eigenvalue weighted by Crippen LogP contribution is -2.47. The first-order chi connectivity index (χ1) is 9.19. The molecule has 2 N–H and O–H groups in total. The van der Waals surface area contributed by atoms with Gasteiger partial charge in [0.15, 0.2) is 15.0 Å². The summed E-state index contributed by atoms with van der Waals surface area (Å²) in [5, 5.41) is 7.06. The Morgan fingerprint density at radius 3 is 2.70 bits per heavy atom. The number of aromatic nitrogens is 1. The molecule has 0 saturated carbocycles. The molecule has 0 spiro atoms. The van der Waals surface area contributed by atoms with Crippen LogP contribution in [0.15, 0.2) is 5.38 Å². The van der Waals surface area contributed by atoms with Gasteiger partial charge in [-0.05, 0) is 13.3 Å². The van der Waals surface area contributed by atoms with Crippen molar-refractivity contribution in [1.29, 1.82) is 0 Å². The molecule has 1 aromatic heterocycles. The van der Waals surface area contributed by atoms with Crippen LogP contribution in [0.5, 0.6) is 0 Å². The van der Waals surface area contributed by atoms with Gasteiger partial charge in [-0.25, -0.2) is 13.4 Å². The van der Waals surface area contributed by atoms with Crippen molar-refractivity contribution in [3.63, 3.8) is 0 Å². The van der Waals surface area contributed by atoms with E-state index >= 15 is 0 Å². The number of nitrogens with zero attached hydrogens (tertiary/aromatic N) is 1. The van der Waals surface area contributed by atoms with Gasteiger partial charge in [-0.15, -0.1) is 11.3 Å². The molecule has 0 radical (unpaired) electrons. The third kappa shape index (κ3) is 3.54. The minimum atomic E-state index is -3.08. The quantitative estimate of drug-likeness (QED) is 0.840. The third-order valence-corrected chi connectivity index (χ3v) is 5.60. The van der Waals surface area contributed by atoms with Crippen LogP contribution >= 0.6 is 11.3 Å². The highest BCUT2D eigenvalue weighted by atomic mass is 32.2. The number of rotatable bonds is 3. The maximum absolute atomic E-state index is 12.0. The molecule has 0 unspecified atom stereocenters. The Morgan fingerprint density at radius 1 is 1.45 bits per heavy atom. The highest BCUT2D eigenvalue weighted by Crippen LogP contribution is 2.24. The molecule has 20 heavy (non-hydrogen) atoms. The molecule has 9 heteroatoms. The first kappa shape index (κ1) is 14.9. The molecular weight excluding hydrogens is 302 g/mol. The molecule has 0 aliphatic carbocycles. The van der Waals surface area contributed by atoms with Gasteiger partial charge < -0.3 is 10.6 Å². The minimum absolute atomic E-state index is 0.0611. The van der Waals surface area contributed by atoms with Gasteiger partial charge in [0, 0.05) is 12.3 Å². The number of nitrogens with one attached hydrogen (secondary N) is 2. The van der Waals surface area contributed by atoms with Gasteiger partial charge in [0.1, 0.15) is 5.69 Å². The van der Waals surface area contributed by atoms with E-state index in [1.165, 1.54) is 12.3 Å². The lowest BCUT2D eigenvalue weighted by atomic mass is 10.0. The number of thiazole rings is 1. The van der Waals surface area contributed by atoms with E-state index in [9.17, 15) is 18.0 Å². The van der Waals surface area contributed by atoms with Gasteiger partial charge in [0.2, 0.25) is 5.91 Å². The summed E-state index contributed by atoms with van der Waals surface area (Å²) in [5.41, 5.74) is -0.586. The van der Waals surface area contributed by atoms with Crippen LogP contribution in [-0.2, 0) is 14.6 Å². The molecule has 1 aliphatic heterocycles. The fourth-order valence-corrected chi connectivity index (χ4v) is 4.86. The molecule has 1 fully saturated rings. The number of carbonyl (C=O) groups is 2. The van der Waals surface area contributed by atoms with Crippen LogP contribution in [0.25, 0.3) is 0 Å². The Hall–Kier alpha value is -1.48. The molecule has 1 saturated heterocycles. The average molecular weight is 317 g/mol. The van der Waals surface area contributed by atoms with Gasteiger partial charge >= 0.3 is 0 Å². The molecule has 1 aromatic rings. The molecule has 2 rings (SSSR count). The van der Waals surface area contributed by atoms with Crippen LogP contribution in [0.3, 0.4) is 0 Å². The van der Waals surface area contributed by atoms with Gasteiger partial charge in [0.05, 0.1) is 17.0 Å². The van der Waals surface area contributed by atoms with Crippen molar-refractivity contribution in [3.05, 3.63) is 11.1 Å². The number of hydrogen-bond acceptors (Lipinski definition) is 6. The monoisotopic (exact) mass is 317 g/mol. The van der Waals surface area contributed by atoms with Gasteiger partial charge in [-0.3, -0.25) is 9.59 Å². The highest BCUT2D eigenvalue weighted by molar-refractivity contribution is 7.91. The number of sulfone groups is 1. The van der Waals surface area contributed by atoms with Crippen molar-refractivity contribution in [2.45, 2.75) is 25.8 Å². The van der Waals surface area contributed by atoms with Crippen LogP contribution in [0.2, 0.25) is 0 Å². The average Bonchev–Trinajstić information content (AvgIpc) is 2.83. The van der Waals surface area contributed by atoms with Crippen LogP contribution < -0.4 is 10.6 Å². The molecular formula is C11H15N3O4S2. The summed E-state index contributed by atoms with van der Waals surface area (Å²) < 4.78 is 23.0. The van der Waals surface area contributed by atoms with E-state index in [0.29, 0.717) is 11.6 Å². The molecule has 1 aliphatic rings. The molecule has 2 heterocycles. The second-order valence-electron chi connectivity index (χ2n) is 5.08.